The summed E-state index contributed by atoms with van der Waals surface area (Å²) in [6.45, 7) is 6.77. The number of hydrogen-bond acceptors (Lipinski definition) is 4. The molecule has 0 aromatic heterocycles. The monoisotopic (exact) mass is 286 g/mol. The lowest BCUT2D eigenvalue weighted by Gasteiger charge is -2.38. The van der Waals surface area contributed by atoms with Gasteiger partial charge in [-0.2, -0.15) is 0 Å². The largest absolute Gasteiger partial charge is 0.480 e. The number of piperidine rings is 1. The van der Waals surface area contributed by atoms with Crippen molar-refractivity contribution in [2.24, 2.45) is 0 Å². The van der Waals surface area contributed by atoms with E-state index in [0.717, 1.165) is 19.3 Å². The molecular weight excluding hydrogens is 260 g/mol. The predicted octanol–water partition coefficient (Wildman–Crippen LogP) is 1.79. The van der Waals surface area contributed by atoms with Crippen molar-refractivity contribution in [3.05, 3.63) is 0 Å². The first-order valence-electron chi connectivity index (χ1n) is 7.09. The van der Waals surface area contributed by atoms with Crippen molar-refractivity contribution < 1.29 is 19.4 Å². The zero-order chi connectivity index (χ0) is 15.3. The van der Waals surface area contributed by atoms with Crippen LogP contribution in [-0.2, 0) is 9.53 Å². The molecule has 116 valence electrons. The first kappa shape index (κ1) is 16.8. The van der Waals surface area contributed by atoms with Gasteiger partial charge >= 0.3 is 12.1 Å². The van der Waals surface area contributed by atoms with Crippen molar-refractivity contribution in [3.63, 3.8) is 0 Å². The number of ether oxygens (including phenoxy) is 1. The van der Waals surface area contributed by atoms with Crippen LogP contribution in [0.25, 0.3) is 0 Å². The molecule has 1 rings (SSSR count). The number of likely N-dealkylation sites (tertiary alicyclic amines) is 1. The van der Waals surface area contributed by atoms with Gasteiger partial charge in [-0.15, -0.1) is 0 Å². The molecule has 1 N–H and O–H groups in total. The van der Waals surface area contributed by atoms with Crippen LogP contribution in [0.2, 0.25) is 0 Å². The molecule has 1 atom stereocenters. The topological polar surface area (TPSA) is 70.1 Å². The first-order valence-corrected chi connectivity index (χ1v) is 7.09. The third-order valence-corrected chi connectivity index (χ3v) is 3.18. The van der Waals surface area contributed by atoms with E-state index >= 15 is 0 Å². The molecule has 0 aliphatic carbocycles. The number of hydrogen-bond donors (Lipinski definition) is 1. The summed E-state index contributed by atoms with van der Waals surface area (Å²) in [5.41, 5.74) is -0.508. The number of carboxylic acids is 1. The minimum absolute atomic E-state index is 0.0152. The molecule has 6 heteroatoms. The molecule has 1 fully saturated rings. The predicted molar refractivity (Wildman–Crippen MR) is 75.7 cm³/mol. The minimum atomic E-state index is -0.855. The second-order valence-electron chi connectivity index (χ2n) is 6.41. The SMILES string of the molecule is CN(CC(=O)O)CC1CCCCN1C(=O)OC(C)(C)C. The van der Waals surface area contributed by atoms with E-state index in [-0.39, 0.29) is 18.7 Å². The quantitative estimate of drug-likeness (QED) is 0.853. The number of nitrogens with zero attached hydrogens (tertiary/aromatic N) is 2. The van der Waals surface area contributed by atoms with Gasteiger partial charge in [0.15, 0.2) is 0 Å². The number of carboxylic acid groups (broad SMARTS) is 1. The third-order valence-electron chi connectivity index (χ3n) is 3.18. The van der Waals surface area contributed by atoms with Crippen molar-refractivity contribution >= 4 is 12.1 Å². The standard InChI is InChI=1S/C14H26N2O4/c1-14(2,3)20-13(19)16-8-6-5-7-11(16)9-15(4)10-12(17)18/h11H,5-10H2,1-4H3,(H,17,18). The molecule has 6 nitrogen and oxygen atoms in total. The Balaban J connectivity index is 2.62. The summed E-state index contributed by atoms with van der Waals surface area (Å²) < 4.78 is 5.42. The van der Waals surface area contributed by atoms with Crippen LogP contribution in [0.3, 0.4) is 0 Å². The number of rotatable bonds is 4. The molecule has 0 saturated carbocycles. The molecule has 0 bridgehead atoms. The van der Waals surface area contributed by atoms with E-state index in [2.05, 4.69) is 0 Å². The van der Waals surface area contributed by atoms with E-state index in [1.807, 2.05) is 20.8 Å². The van der Waals surface area contributed by atoms with E-state index in [1.165, 1.54) is 0 Å². The molecule has 1 heterocycles. The summed E-state index contributed by atoms with van der Waals surface area (Å²) in [5, 5.41) is 8.79. The lowest BCUT2D eigenvalue weighted by Crippen LogP contribution is -2.50. The van der Waals surface area contributed by atoms with Crippen LogP contribution in [0.5, 0.6) is 0 Å². The number of aliphatic carboxylic acids is 1. The second kappa shape index (κ2) is 6.92. The highest BCUT2D eigenvalue weighted by Gasteiger charge is 2.31. The van der Waals surface area contributed by atoms with Crippen molar-refractivity contribution in [2.75, 3.05) is 26.7 Å². The maximum atomic E-state index is 12.2. The third kappa shape index (κ3) is 5.77. The van der Waals surface area contributed by atoms with E-state index in [1.54, 1.807) is 16.8 Å². The summed E-state index contributed by atoms with van der Waals surface area (Å²) in [6.07, 6.45) is 2.62. The Morgan fingerprint density at radius 1 is 1.35 bits per heavy atom. The average Bonchev–Trinajstić information content (AvgIpc) is 2.25. The van der Waals surface area contributed by atoms with E-state index in [9.17, 15) is 9.59 Å². The molecular formula is C14H26N2O4. The number of carbonyl (C=O) groups is 2. The Labute approximate surface area is 120 Å². The lowest BCUT2D eigenvalue weighted by atomic mass is 10.0. The lowest BCUT2D eigenvalue weighted by molar-refractivity contribution is -0.138. The molecule has 1 aliphatic heterocycles. The summed E-state index contributed by atoms with van der Waals surface area (Å²) in [6, 6.07) is 0.0305. The van der Waals surface area contributed by atoms with Crippen molar-refractivity contribution in [1.29, 1.82) is 0 Å². The normalized spacial score (nSPS) is 20.1. The van der Waals surface area contributed by atoms with Gasteiger partial charge < -0.3 is 14.7 Å². The summed E-state index contributed by atoms with van der Waals surface area (Å²) >= 11 is 0. The van der Waals surface area contributed by atoms with E-state index < -0.39 is 11.6 Å². The maximum absolute atomic E-state index is 12.2. The van der Waals surface area contributed by atoms with Gasteiger partial charge in [0.1, 0.15) is 5.60 Å². The van der Waals surface area contributed by atoms with Gasteiger partial charge in [0.2, 0.25) is 0 Å². The number of amides is 1. The smallest absolute Gasteiger partial charge is 0.410 e. The fourth-order valence-electron chi connectivity index (χ4n) is 2.41. The van der Waals surface area contributed by atoms with Crippen LogP contribution in [0, 0.1) is 0 Å². The van der Waals surface area contributed by atoms with E-state index in [4.69, 9.17) is 9.84 Å². The van der Waals surface area contributed by atoms with Gasteiger partial charge in [0, 0.05) is 19.1 Å². The summed E-state index contributed by atoms with van der Waals surface area (Å²) in [5.74, 6) is -0.855. The molecule has 1 saturated heterocycles. The molecule has 0 spiro atoms. The minimum Gasteiger partial charge on any atom is -0.480 e. The Bertz CT molecular complexity index is 352. The van der Waals surface area contributed by atoms with Crippen LogP contribution < -0.4 is 0 Å². The zero-order valence-corrected chi connectivity index (χ0v) is 12.9. The van der Waals surface area contributed by atoms with Gasteiger partial charge in [-0.05, 0) is 47.1 Å². The van der Waals surface area contributed by atoms with E-state index in [0.29, 0.717) is 13.1 Å². The van der Waals surface area contributed by atoms with Crippen LogP contribution in [0.15, 0.2) is 0 Å². The van der Waals surface area contributed by atoms with Crippen LogP contribution in [0.1, 0.15) is 40.0 Å². The van der Waals surface area contributed by atoms with Crippen LogP contribution in [-0.4, -0.2) is 65.3 Å². The van der Waals surface area contributed by atoms with Gasteiger partial charge in [0.05, 0.1) is 6.54 Å². The van der Waals surface area contributed by atoms with Gasteiger partial charge in [-0.25, -0.2) is 4.79 Å². The highest BCUT2D eigenvalue weighted by atomic mass is 16.6. The highest BCUT2D eigenvalue weighted by molar-refractivity contribution is 5.69. The van der Waals surface area contributed by atoms with Crippen LogP contribution >= 0.6 is 0 Å². The molecule has 1 amide bonds. The Morgan fingerprint density at radius 3 is 2.55 bits per heavy atom. The Hall–Kier alpha value is -1.30. The Kier molecular flexibility index (Phi) is 5.80. The van der Waals surface area contributed by atoms with Gasteiger partial charge in [-0.3, -0.25) is 9.69 Å². The molecule has 0 aromatic rings. The van der Waals surface area contributed by atoms with Crippen molar-refractivity contribution in [1.82, 2.24) is 9.80 Å². The molecule has 0 radical (unpaired) electrons. The Morgan fingerprint density at radius 2 is 2.00 bits per heavy atom. The number of carbonyl (C=O) groups excluding carboxylic acids is 1. The fourth-order valence-corrected chi connectivity index (χ4v) is 2.41. The molecule has 1 unspecified atom stereocenters. The second-order valence-corrected chi connectivity index (χ2v) is 6.41. The zero-order valence-electron chi connectivity index (χ0n) is 12.9. The first-order chi connectivity index (χ1) is 9.19. The highest BCUT2D eigenvalue weighted by Crippen LogP contribution is 2.20. The molecule has 0 aromatic carbocycles. The van der Waals surface area contributed by atoms with Crippen molar-refractivity contribution in [2.45, 2.75) is 51.7 Å². The molecule has 1 aliphatic rings. The van der Waals surface area contributed by atoms with Crippen LogP contribution in [0.4, 0.5) is 4.79 Å². The maximum Gasteiger partial charge on any atom is 0.410 e. The number of likely N-dealkylation sites (N-methyl/N-ethyl adjacent to an activating group) is 1. The fraction of sp³-hybridized carbons (Fsp3) is 0.857. The summed E-state index contributed by atoms with van der Waals surface area (Å²) in [4.78, 5) is 26.4. The average molecular weight is 286 g/mol. The van der Waals surface area contributed by atoms with Crippen molar-refractivity contribution in [3.8, 4) is 0 Å². The summed E-state index contributed by atoms with van der Waals surface area (Å²) in [7, 11) is 1.76. The molecule has 20 heavy (non-hydrogen) atoms. The van der Waals surface area contributed by atoms with Gasteiger partial charge in [-0.1, -0.05) is 0 Å². The van der Waals surface area contributed by atoms with Gasteiger partial charge in [0.25, 0.3) is 0 Å².